The lowest BCUT2D eigenvalue weighted by Gasteiger charge is -2.16. The van der Waals surface area contributed by atoms with Crippen molar-refractivity contribution in [3.8, 4) is 0 Å². The van der Waals surface area contributed by atoms with E-state index < -0.39 is 29.1 Å². The highest BCUT2D eigenvalue weighted by atomic mass is 19.1. The van der Waals surface area contributed by atoms with E-state index in [1.807, 2.05) is 32.0 Å². The van der Waals surface area contributed by atoms with Crippen molar-refractivity contribution in [1.82, 2.24) is 0 Å². The van der Waals surface area contributed by atoms with Gasteiger partial charge in [-0.05, 0) is 48.7 Å². The molecule has 1 N–H and O–H groups in total. The molecule has 4 rings (SSSR count). The molecule has 4 nitrogen and oxygen atoms in total. The highest BCUT2D eigenvalue weighted by Gasteiger charge is 2.41. The Morgan fingerprint density at radius 3 is 2.30 bits per heavy atom. The second-order valence-electron chi connectivity index (χ2n) is 7.10. The summed E-state index contributed by atoms with van der Waals surface area (Å²) in [6.45, 7) is 3.78. The Balaban J connectivity index is 1.87. The standard InChI is InChI=1S/C24H18F2N2O2/c1-14-8-9-15(2)19(12-14)27-22-21(16-6-4-3-5-7-16)23(29)28(24(22)30)20-13-17(25)10-11-18(20)26/h3-13,27H,1-2H3. The largest absolute Gasteiger partial charge is 0.350 e. The van der Waals surface area contributed by atoms with E-state index in [-0.39, 0.29) is 11.3 Å². The molecule has 30 heavy (non-hydrogen) atoms. The summed E-state index contributed by atoms with van der Waals surface area (Å²) in [6.07, 6.45) is 0. The Morgan fingerprint density at radius 2 is 1.57 bits per heavy atom. The first-order valence-electron chi connectivity index (χ1n) is 9.34. The fourth-order valence-corrected chi connectivity index (χ4v) is 3.40. The fraction of sp³-hybridized carbons (Fsp3) is 0.0833. The lowest BCUT2D eigenvalue weighted by Crippen LogP contribution is -2.33. The van der Waals surface area contributed by atoms with Gasteiger partial charge in [0.15, 0.2) is 0 Å². The number of nitrogens with zero attached hydrogens (tertiary/aromatic N) is 1. The lowest BCUT2D eigenvalue weighted by atomic mass is 10.0. The van der Waals surface area contributed by atoms with E-state index in [0.717, 1.165) is 29.3 Å². The molecule has 0 unspecified atom stereocenters. The summed E-state index contributed by atoms with van der Waals surface area (Å²) >= 11 is 0. The van der Waals surface area contributed by atoms with Crippen LogP contribution in [0.2, 0.25) is 0 Å². The van der Waals surface area contributed by atoms with Crippen LogP contribution >= 0.6 is 0 Å². The SMILES string of the molecule is Cc1ccc(C)c(NC2=C(c3ccccc3)C(=O)N(c3cc(F)ccc3F)C2=O)c1. The van der Waals surface area contributed by atoms with Crippen LogP contribution in [0.25, 0.3) is 5.57 Å². The maximum absolute atomic E-state index is 14.4. The average molecular weight is 404 g/mol. The van der Waals surface area contributed by atoms with E-state index in [2.05, 4.69) is 5.32 Å². The second-order valence-corrected chi connectivity index (χ2v) is 7.10. The number of amides is 2. The van der Waals surface area contributed by atoms with Gasteiger partial charge >= 0.3 is 0 Å². The zero-order chi connectivity index (χ0) is 21.4. The molecule has 150 valence electrons. The molecule has 2 amide bonds. The van der Waals surface area contributed by atoms with Crippen molar-refractivity contribution in [2.75, 3.05) is 10.2 Å². The van der Waals surface area contributed by atoms with Crippen LogP contribution in [0.4, 0.5) is 20.2 Å². The first-order chi connectivity index (χ1) is 14.4. The number of nitrogens with one attached hydrogen (secondary N) is 1. The maximum Gasteiger partial charge on any atom is 0.282 e. The smallest absolute Gasteiger partial charge is 0.282 e. The Kier molecular flexibility index (Phi) is 4.91. The van der Waals surface area contributed by atoms with Crippen molar-refractivity contribution in [3.05, 3.63) is 101 Å². The summed E-state index contributed by atoms with van der Waals surface area (Å²) in [7, 11) is 0. The van der Waals surface area contributed by atoms with E-state index in [4.69, 9.17) is 0 Å². The highest BCUT2D eigenvalue weighted by Crippen LogP contribution is 2.35. The van der Waals surface area contributed by atoms with E-state index >= 15 is 0 Å². The number of aryl methyl sites for hydroxylation is 2. The first kappa shape index (κ1) is 19.5. The van der Waals surface area contributed by atoms with Gasteiger partial charge in [-0.1, -0.05) is 42.5 Å². The summed E-state index contributed by atoms with van der Waals surface area (Å²) in [5, 5.41) is 3.06. The van der Waals surface area contributed by atoms with Gasteiger partial charge in [-0.3, -0.25) is 9.59 Å². The van der Waals surface area contributed by atoms with Crippen LogP contribution in [0.1, 0.15) is 16.7 Å². The van der Waals surface area contributed by atoms with Gasteiger partial charge in [0, 0.05) is 11.8 Å². The minimum Gasteiger partial charge on any atom is -0.350 e. The predicted molar refractivity (Wildman–Crippen MR) is 112 cm³/mol. The molecule has 0 aromatic heterocycles. The number of imide groups is 1. The summed E-state index contributed by atoms with van der Waals surface area (Å²) in [6, 6.07) is 17.0. The molecular formula is C24H18F2N2O2. The van der Waals surface area contributed by atoms with Crippen molar-refractivity contribution in [2.45, 2.75) is 13.8 Å². The molecule has 3 aromatic rings. The molecule has 1 heterocycles. The van der Waals surface area contributed by atoms with Crippen molar-refractivity contribution >= 4 is 28.8 Å². The highest BCUT2D eigenvalue weighted by molar-refractivity contribution is 6.46. The number of carbonyl (C=O) groups is 2. The molecule has 0 saturated carbocycles. The molecule has 0 saturated heterocycles. The molecule has 1 aliphatic heterocycles. The Bertz CT molecular complexity index is 1200. The van der Waals surface area contributed by atoms with Gasteiger partial charge < -0.3 is 5.32 Å². The van der Waals surface area contributed by atoms with Crippen LogP contribution in [0, 0.1) is 25.5 Å². The van der Waals surface area contributed by atoms with Crippen LogP contribution in [0.5, 0.6) is 0 Å². The molecular weight excluding hydrogens is 386 g/mol. The fourth-order valence-electron chi connectivity index (χ4n) is 3.40. The van der Waals surface area contributed by atoms with E-state index in [0.29, 0.717) is 16.2 Å². The Labute approximate surface area is 172 Å². The van der Waals surface area contributed by atoms with E-state index in [1.165, 1.54) is 0 Å². The van der Waals surface area contributed by atoms with Gasteiger partial charge in [-0.15, -0.1) is 0 Å². The van der Waals surface area contributed by atoms with Crippen molar-refractivity contribution in [3.63, 3.8) is 0 Å². The molecule has 0 radical (unpaired) electrons. The third kappa shape index (κ3) is 3.37. The van der Waals surface area contributed by atoms with Crippen LogP contribution in [-0.4, -0.2) is 11.8 Å². The van der Waals surface area contributed by atoms with Gasteiger partial charge in [0.05, 0.1) is 11.3 Å². The molecule has 0 spiro atoms. The molecule has 0 bridgehead atoms. The Hall–Kier alpha value is -3.80. The minimum absolute atomic E-state index is 0.0172. The van der Waals surface area contributed by atoms with Crippen LogP contribution in [0.15, 0.2) is 72.4 Å². The van der Waals surface area contributed by atoms with Crippen molar-refractivity contribution in [1.29, 1.82) is 0 Å². The Morgan fingerprint density at radius 1 is 0.833 bits per heavy atom. The summed E-state index contributed by atoms with van der Waals surface area (Å²) in [4.78, 5) is 27.2. The third-order valence-corrected chi connectivity index (χ3v) is 4.95. The average Bonchev–Trinajstić information content (AvgIpc) is 2.97. The second kappa shape index (κ2) is 7.55. The van der Waals surface area contributed by atoms with Gasteiger partial charge in [0.25, 0.3) is 11.8 Å². The molecule has 1 aliphatic rings. The third-order valence-electron chi connectivity index (χ3n) is 4.95. The van der Waals surface area contributed by atoms with Gasteiger partial charge in [0.2, 0.25) is 0 Å². The lowest BCUT2D eigenvalue weighted by molar-refractivity contribution is -0.120. The van der Waals surface area contributed by atoms with Gasteiger partial charge in [-0.25, -0.2) is 13.7 Å². The van der Waals surface area contributed by atoms with Crippen LogP contribution in [-0.2, 0) is 9.59 Å². The molecule has 6 heteroatoms. The van der Waals surface area contributed by atoms with Crippen LogP contribution < -0.4 is 10.2 Å². The monoisotopic (exact) mass is 404 g/mol. The predicted octanol–water partition coefficient (Wildman–Crippen LogP) is 4.98. The topological polar surface area (TPSA) is 49.4 Å². The number of hydrogen-bond acceptors (Lipinski definition) is 3. The number of carbonyl (C=O) groups excluding carboxylic acids is 2. The first-order valence-corrected chi connectivity index (χ1v) is 9.34. The van der Waals surface area contributed by atoms with Crippen molar-refractivity contribution in [2.24, 2.45) is 0 Å². The summed E-state index contributed by atoms with van der Waals surface area (Å²) < 4.78 is 28.2. The number of hydrogen-bond donors (Lipinski definition) is 1. The zero-order valence-electron chi connectivity index (χ0n) is 16.4. The van der Waals surface area contributed by atoms with Crippen molar-refractivity contribution < 1.29 is 18.4 Å². The number of rotatable bonds is 4. The number of benzene rings is 3. The van der Waals surface area contributed by atoms with Gasteiger partial charge in [0.1, 0.15) is 17.3 Å². The minimum atomic E-state index is -0.863. The molecule has 0 fully saturated rings. The number of halogens is 2. The maximum atomic E-state index is 14.4. The zero-order valence-corrected chi connectivity index (χ0v) is 16.4. The molecule has 0 aliphatic carbocycles. The van der Waals surface area contributed by atoms with E-state index in [1.54, 1.807) is 30.3 Å². The molecule has 3 aromatic carbocycles. The van der Waals surface area contributed by atoms with Crippen LogP contribution in [0.3, 0.4) is 0 Å². The summed E-state index contributed by atoms with van der Waals surface area (Å²) in [5.74, 6) is -3.07. The normalized spacial score (nSPS) is 13.9. The number of anilines is 2. The van der Waals surface area contributed by atoms with E-state index in [9.17, 15) is 18.4 Å². The van der Waals surface area contributed by atoms with Gasteiger partial charge in [-0.2, -0.15) is 0 Å². The summed E-state index contributed by atoms with van der Waals surface area (Å²) in [5.41, 5.74) is 2.69. The quantitative estimate of drug-likeness (QED) is 0.624. The molecule has 0 atom stereocenters.